The van der Waals surface area contributed by atoms with Crippen LogP contribution in [0.3, 0.4) is 0 Å². The molecule has 0 aromatic carbocycles. The smallest absolute Gasteiger partial charge is 0.181 e. The molecule has 0 unspecified atom stereocenters. The molecule has 1 aromatic rings. The zero-order valence-electron chi connectivity index (χ0n) is 11.8. The molecule has 0 aliphatic heterocycles. The van der Waals surface area contributed by atoms with Crippen molar-refractivity contribution in [3.63, 3.8) is 0 Å². The van der Waals surface area contributed by atoms with Crippen molar-refractivity contribution in [3.05, 3.63) is 30.1 Å². The van der Waals surface area contributed by atoms with Crippen LogP contribution in [0, 0.1) is 0 Å². The lowest BCUT2D eigenvalue weighted by Gasteiger charge is -2.01. The Morgan fingerprint density at radius 2 is 1.89 bits per heavy atom. The number of hydrogen-bond acceptors (Lipinski definition) is 2. The standard InChI is InChI=1S/C13H22N.C2H4O2/c1-3-5-6-8-11-14-12-9-7-10-13(14)4-2;1-2(3)4/h7,9-10,12H,3-6,8,11H2,1-2H3;1H3,(H,3,4)/q+1;/p-1. The first-order chi connectivity index (χ1) is 8.61. The molecule has 0 amide bonds. The Kier molecular flexibility index (Phi) is 9.93. The van der Waals surface area contributed by atoms with Crippen molar-refractivity contribution in [3.8, 4) is 0 Å². The van der Waals surface area contributed by atoms with E-state index in [9.17, 15) is 0 Å². The van der Waals surface area contributed by atoms with Gasteiger partial charge in [-0.05, 0) is 13.3 Å². The number of carboxylic acid groups (broad SMARTS) is 1. The summed E-state index contributed by atoms with van der Waals surface area (Å²) in [5.74, 6) is -1.08. The third kappa shape index (κ3) is 8.74. The number of aromatic nitrogens is 1. The molecule has 0 atom stereocenters. The highest BCUT2D eigenvalue weighted by Crippen LogP contribution is 1.99. The quantitative estimate of drug-likeness (QED) is 0.572. The number of aryl methyl sites for hydroxylation is 2. The Labute approximate surface area is 110 Å². The zero-order valence-corrected chi connectivity index (χ0v) is 11.8. The predicted molar refractivity (Wildman–Crippen MR) is 70.8 cm³/mol. The van der Waals surface area contributed by atoms with Gasteiger partial charge in [0.2, 0.25) is 0 Å². The summed E-state index contributed by atoms with van der Waals surface area (Å²) < 4.78 is 2.38. The van der Waals surface area contributed by atoms with Crippen molar-refractivity contribution in [1.82, 2.24) is 0 Å². The summed E-state index contributed by atoms with van der Waals surface area (Å²) >= 11 is 0. The molecule has 0 aliphatic carbocycles. The Balaban J connectivity index is 0.000000631. The summed E-state index contributed by atoms with van der Waals surface area (Å²) in [6, 6.07) is 6.47. The van der Waals surface area contributed by atoms with Crippen molar-refractivity contribution >= 4 is 5.97 Å². The first kappa shape index (κ1) is 16.6. The van der Waals surface area contributed by atoms with Gasteiger partial charge in [0.05, 0.1) is 0 Å². The minimum atomic E-state index is -1.08. The molecule has 0 spiro atoms. The molecule has 102 valence electrons. The van der Waals surface area contributed by atoms with E-state index in [0.29, 0.717) is 0 Å². The second-order valence-electron chi connectivity index (χ2n) is 4.29. The SMILES string of the molecule is CC(=O)[O-].CCCCCC[n+]1ccccc1CC. The largest absolute Gasteiger partial charge is 0.550 e. The van der Waals surface area contributed by atoms with Crippen LogP contribution in [0.1, 0.15) is 52.1 Å². The van der Waals surface area contributed by atoms with Gasteiger partial charge in [-0.2, -0.15) is 0 Å². The van der Waals surface area contributed by atoms with E-state index in [1.165, 1.54) is 37.9 Å². The molecule has 3 nitrogen and oxygen atoms in total. The highest BCUT2D eigenvalue weighted by atomic mass is 16.4. The molecule has 0 radical (unpaired) electrons. The summed E-state index contributed by atoms with van der Waals surface area (Å²) in [4.78, 5) is 8.89. The van der Waals surface area contributed by atoms with Gasteiger partial charge in [-0.15, -0.1) is 0 Å². The number of unbranched alkanes of at least 4 members (excludes halogenated alkanes) is 3. The van der Waals surface area contributed by atoms with Crippen molar-refractivity contribution in [2.45, 2.75) is 59.4 Å². The highest BCUT2D eigenvalue weighted by Gasteiger charge is 2.05. The molecule has 3 heteroatoms. The minimum absolute atomic E-state index is 0.972. The first-order valence-corrected chi connectivity index (χ1v) is 6.76. The van der Waals surface area contributed by atoms with E-state index in [1.807, 2.05) is 0 Å². The molecular formula is C15H25NO2. The number of carbonyl (C=O) groups is 1. The minimum Gasteiger partial charge on any atom is -0.550 e. The molecule has 0 saturated carbocycles. The first-order valence-electron chi connectivity index (χ1n) is 6.76. The lowest BCUT2D eigenvalue weighted by atomic mass is 10.2. The maximum absolute atomic E-state index is 8.89. The lowest BCUT2D eigenvalue weighted by Crippen LogP contribution is -2.37. The van der Waals surface area contributed by atoms with E-state index < -0.39 is 5.97 Å². The molecule has 0 N–H and O–H groups in total. The van der Waals surface area contributed by atoms with Crippen molar-refractivity contribution in [1.29, 1.82) is 0 Å². The number of pyridine rings is 1. The van der Waals surface area contributed by atoms with Gasteiger partial charge in [-0.25, -0.2) is 4.57 Å². The van der Waals surface area contributed by atoms with Crippen LogP contribution >= 0.6 is 0 Å². The van der Waals surface area contributed by atoms with E-state index >= 15 is 0 Å². The number of hydrogen-bond donors (Lipinski definition) is 0. The molecule has 0 aliphatic rings. The second kappa shape index (κ2) is 10.8. The fourth-order valence-corrected chi connectivity index (χ4v) is 1.76. The molecule has 0 fully saturated rings. The van der Waals surface area contributed by atoms with Crippen molar-refractivity contribution < 1.29 is 14.5 Å². The summed E-state index contributed by atoms with van der Waals surface area (Å²) in [5, 5.41) is 8.89. The number of carboxylic acids is 1. The van der Waals surface area contributed by atoms with Crippen LogP contribution < -0.4 is 9.67 Å². The van der Waals surface area contributed by atoms with Crippen LogP contribution in [0.4, 0.5) is 0 Å². The van der Waals surface area contributed by atoms with E-state index in [4.69, 9.17) is 9.90 Å². The summed E-state index contributed by atoms with van der Waals surface area (Å²) in [6.07, 6.45) is 8.70. The summed E-state index contributed by atoms with van der Waals surface area (Å²) in [5.41, 5.74) is 1.45. The van der Waals surface area contributed by atoms with Gasteiger partial charge >= 0.3 is 0 Å². The molecular weight excluding hydrogens is 226 g/mol. The van der Waals surface area contributed by atoms with Crippen molar-refractivity contribution in [2.24, 2.45) is 0 Å². The van der Waals surface area contributed by atoms with Crippen LogP contribution in [0.15, 0.2) is 24.4 Å². The summed E-state index contributed by atoms with van der Waals surface area (Å²) in [7, 11) is 0. The Morgan fingerprint density at radius 3 is 2.44 bits per heavy atom. The van der Waals surface area contributed by atoms with Crippen LogP contribution in [0.25, 0.3) is 0 Å². The normalized spacial score (nSPS) is 9.50. The molecule has 18 heavy (non-hydrogen) atoms. The average Bonchev–Trinajstić information content (AvgIpc) is 2.34. The lowest BCUT2D eigenvalue weighted by molar-refractivity contribution is -0.704. The molecule has 1 heterocycles. The van der Waals surface area contributed by atoms with E-state index in [0.717, 1.165) is 13.3 Å². The van der Waals surface area contributed by atoms with Gasteiger partial charge in [0.25, 0.3) is 0 Å². The topological polar surface area (TPSA) is 44.0 Å². The van der Waals surface area contributed by atoms with Gasteiger partial charge in [-0.3, -0.25) is 0 Å². The Hall–Kier alpha value is -1.38. The number of rotatable bonds is 6. The fourth-order valence-electron chi connectivity index (χ4n) is 1.76. The van der Waals surface area contributed by atoms with Gasteiger partial charge in [0, 0.05) is 30.9 Å². The maximum Gasteiger partial charge on any atom is 0.181 e. The van der Waals surface area contributed by atoms with Gasteiger partial charge in [-0.1, -0.05) is 32.8 Å². The van der Waals surface area contributed by atoms with Gasteiger partial charge < -0.3 is 9.90 Å². The maximum atomic E-state index is 8.89. The zero-order chi connectivity index (χ0) is 13.8. The molecule has 1 aromatic heterocycles. The number of carbonyl (C=O) groups excluding carboxylic acids is 1. The van der Waals surface area contributed by atoms with Gasteiger partial charge in [0.1, 0.15) is 6.54 Å². The van der Waals surface area contributed by atoms with Crippen LogP contribution in [0.5, 0.6) is 0 Å². The van der Waals surface area contributed by atoms with Crippen molar-refractivity contribution in [2.75, 3.05) is 0 Å². The monoisotopic (exact) mass is 251 g/mol. The van der Waals surface area contributed by atoms with E-state index in [-0.39, 0.29) is 0 Å². The third-order valence-corrected chi connectivity index (χ3v) is 2.65. The Morgan fingerprint density at radius 1 is 1.22 bits per heavy atom. The summed E-state index contributed by atoms with van der Waals surface area (Å²) in [6.45, 7) is 6.63. The third-order valence-electron chi connectivity index (χ3n) is 2.65. The van der Waals surface area contributed by atoms with Gasteiger partial charge in [0.15, 0.2) is 11.9 Å². The molecule has 0 bridgehead atoms. The number of nitrogens with zero attached hydrogens (tertiary/aromatic N) is 1. The Bertz CT molecular complexity index is 333. The van der Waals surface area contributed by atoms with Crippen LogP contribution in [-0.4, -0.2) is 5.97 Å². The van der Waals surface area contributed by atoms with E-state index in [2.05, 4.69) is 42.8 Å². The van der Waals surface area contributed by atoms with E-state index in [1.54, 1.807) is 0 Å². The average molecular weight is 251 g/mol. The second-order valence-corrected chi connectivity index (χ2v) is 4.29. The molecule has 0 saturated heterocycles. The predicted octanol–water partition coefficient (Wildman–Crippen LogP) is 1.87. The fraction of sp³-hybridized carbons (Fsp3) is 0.600. The van der Waals surface area contributed by atoms with Crippen LogP contribution in [-0.2, 0) is 17.8 Å². The molecule has 1 rings (SSSR count). The highest BCUT2D eigenvalue weighted by molar-refractivity contribution is 5.60. The number of aliphatic carboxylic acids is 1. The van der Waals surface area contributed by atoms with Crippen LogP contribution in [0.2, 0.25) is 0 Å².